The molecule has 19 heavy (non-hydrogen) atoms. The van der Waals surface area contributed by atoms with Gasteiger partial charge in [-0.3, -0.25) is 4.79 Å². The molecule has 1 aliphatic rings. The molecule has 1 amide bonds. The smallest absolute Gasteiger partial charge is 0.223 e. The van der Waals surface area contributed by atoms with E-state index in [2.05, 4.69) is 16.8 Å². The SMILES string of the molecule is CCC1CCCCN1C(=O)CCc1sc(C)nc1C. The van der Waals surface area contributed by atoms with Crippen LogP contribution in [0.15, 0.2) is 0 Å². The molecule has 1 aromatic rings. The zero-order chi connectivity index (χ0) is 13.8. The molecule has 0 spiro atoms. The Kier molecular flexibility index (Phi) is 4.97. The van der Waals surface area contributed by atoms with Gasteiger partial charge in [0.25, 0.3) is 0 Å². The number of thiazole rings is 1. The fraction of sp³-hybridized carbons (Fsp3) is 0.733. The fourth-order valence-electron chi connectivity index (χ4n) is 2.92. The summed E-state index contributed by atoms with van der Waals surface area (Å²) in [7, 11) is 0. The van der Waals surface area contributed by atoms with Crippen molar-refractivity contribution in [2.24, 2.45) is 0 Å². The van der Waals surface area contributed by atoms with Crippen LogP contribution in [0.4, 0.5) is 0 Å². The van der Waals surface area contributed by atoms with Crippen molar-refractivity contribution >= 4 is 17.2 Å². The molecule has 2 heterocycles. The average Bonchev–Trinajstić information content (AvgIpc) is 2.74. The van der Waals surface area contributed by atoms with Crippen molar-refractivity contribution in [1.82, 2.24) is 9.88 Å². The molecule has 0 aliphatic carbocycles. The molecule has 0 radical (unpaired) electrons. The molecule has 1 unspecified atom stereocenters. The number of aromatic nitrogens is 1. The Bertz CT molecular complexity index is 441. The van der Waals surface area contributed by atoms with Gasteiger partial charge in [-0.25, -0.2) is 4.98 Å². The Hall–Kier alpha value is -0.900. The lowest BCUT2D eigenvalue weighted by Crippen LogP contribution is -2.43. The molecule has 1 aromatic heterocycles. The first-order valence-electron chi connectivity index (χ1n) is 7.34. The van der Waals surface area contributed by atoms with E-state index in [1.165, 1.54) is 24.1 Å². The predicted octanol–water partition coefficient (Wildman–Crippen LogP) is 3.48. The molecule has 4 heteroatoms. The van der Waals surface area contributed by atoms with E-state index in [0.717, 1.165) is 30.1 Å². The molecule has 1 atom stereocenters. The van der Waals surface area contributed by atoms with Crippen LogP contribution in [0, 0.1) is 13.8 Å². The van der Waals surface area contributed by atoms with Crippen LogP contribution in [0.25, 0.3) is 0 Å². The zero-order valence-electron chi connectivity index (χ0n) is 12.2. The molecule has 106 valence electrons. The van der Waals surface area contributed by atoms with Crippen LogP contribution in [-0.2, 0) is 11.2 Å². The zero-order valence-corrected chi connectivity index (χ0v) is 13.1. The lowest BCUT2D eigenvalue weighted by molar-refractivity contribution is -0.134. The molecular formula is C15H24N2OS. The van der Waals surface area contributed by atoms with E-state index in [0.29, 0.717) is 18.4 Å². The first-order valence-corrected chi connectivity index (χ1v) is 8.15. The highest BCUT2D eigenvalue weighted by Gasteiger charge is 2.25. The van der Waals surface area contributed by atoms with E-state index in [4.69, 9.17) is 0 Å². The second-order valence-corrected chi connectivity index (χ2v) is 6.67. The fourth-order valence-corrected chi connectivity index (χ4v) is 3.86. The normalized spacial score (nSPS) is 19.7. The first kappa shape index (κ1) is 14.5. The van der Waals surface area contributed by atoms with Crippen molar-refractivity contribution in [1.29, 1.82) is 0 Å². The van der Waals surface area contributed by atoms with E-state index in [1.54, 1.807) is 11.3 Å². The minimum absolute atomic E-state index is 0.331. The summed E-state index contributed by atoms with van der Waals surface area (Å²) in [6.45, 7) is 7.21. The van der Waals surface area contributed by atoms with Crippen LogP contribution < -0.4 is 0 Å². The van der Waals surface area contributed by atoms with E-state index in [1.807, 2.05) is 13.8 Å². The molecule has 0 aromatic carbocycles. The maximum Gasteiger partial charge on any atom is 0.223 e. The summed E-state index contributed by atoms with van der Waals surface area (Å²) in [6, 6.07) is 0.477. The third kappa shape index (κ3) is 3.56. The lowest BCUT2D eigenvalue weighted by Gasteiger charge is -2.35. The van der Waals surface area contributed by atoms with Gasteiger partial charge in [0, 0.05) is 23.9 Å². The van der Waals surface area contributed by atoms with Crippen LogP contribution >= 0.6 is 11.3 Å². The number of nitrogens with zero attached hydrogens (tertiary/aromatic N) is 2. The highest BCUT2D eigenvalue weighted by molar-refractivity contribution is 7.11. The number of carbonyl (C=O) groups is 1. The second-order valence-electron chi connectivity index (χ2n) is 5.39. The summed E-state index contributed by atoms with van der Waals surface area (Å²) >= 11 is 1.73. The van der Waals surface area contributed by atoms with Crippen molar-refractivity contribution in [3.8, 4) is 0 Å². The maximum absolute atomic E-state index is 12.4. The van der Waals surface area contributed by atoms with Gasteiger partial charge < -0.3 is 4.90 Å². The van der Waals surface area contributed by atoms with Crippen LogP contribution in [0.2, 0.25) is 0 Å². The number of carbonyl (C=O) groups excluding carboxylic acids is 1. The van der Waals surface area contributed by atoms with Gasteiger partial charge in [-0.05, 0) is 46.0 Å². The maximum atomic E-state index is 12.4. The number of piperidine rings is 1. The second kappa shape index (κ2) is 6.51. The van der Waals surface area contributed by atoms with Gasteiger partial charge in [-0.1, -0.05) is 6.92 Å². The van der Waals surface area contributed by atoms with Gasteiger partial charge in [0.15, 0.2) is 0 Å². The Balaban J connectivity index is 1.91. The number of amides is 1. The standard InChI is InChI=1S/C15H24N2OS/c1-4-13-7-5-6-10-17(13)15(18)9-8-14-11(2)16-12(3)19-14/h13H,4-10H2,1-3H3. The van der Waals surface area contributed by atoms with Crippen LogP contribution in [0.3, 0.4) is 0 Å². The monoisotopic (exact) mass is 280 g/mol. The van der Waals surface area contributed by atoms with Crippen molar-refractivity contribution in [2.45, 2.75) is 65.3 Å². The van der Waals surface area contributed by atoms with E-state index >= 15 is 0 Å². The first-order chi connectivity index (χ1) is 9.11. The molecule has 1 saturated heterocycles. The van der Waals surface area contributed by atoms with Crippen molar-refractivity contribution in [2.75, 3.05) is 6.54 Å². The Morgan fingerprint density at radius 3 is 2.84 bits per heavy atom. The van der Waals surface area contributed by atoms with E-state index in [9.17, 15) is 4.79 Å². The summed E-state index contributed by atoms with van der Waals surface area (Å²) in [4.78, 5) is 20.2. The summed E-state index contributed by atoms with van der Waals surface area (Å²) in [5.74, 6) is 0.331. The molecule has 2 rings (SSSR count). The summed E-state index contributed by atoms with van der Waals surface area (Å²) in [5, 5.41) is 1.10. The van der Waals surface area contributed by atoms with Crippen LogP contribution in [-0.4, -0.2) is 28.4 Å². The largest absolute Gasteiger partial charge is 0.340 e. The Morgan fingerprint density at radius 1 is 1.42 bits per heavy atom. The van der Waals surface area contributed by atoms with Gasteiger partial charge in [-0.2, -0.15) is 0 Å². The van der Waals surface area contributed by atoms with Gasteiger partial charge in [0.1, 0.15) is 0 Å². The third-order valence-corrected chi connectivity index (χ3v) is 5.12. The summed E-state index contributed by atoms with van der Waals surface area (Å²) in [6.07, 6.45) is 6.20. The van der Waals surface area contributed by atoms with Gasteiger partial charge in [-0.15, -0.1) is 11.3 Å². The minimum Gasteiger partial charge on any atom is -0.340 e. The molecule has 0 saturated carbocycles. The van der Waals surface area contributed by atoms with E-state index in [-0.39, 0.29) is 0 Å². The van der Waals surface area contributed by atoms with Crippen molar-refractivity contribution in [3.63, 3.8) is 0 Å². The van der Waals surface area contributed by atoms with Crippen molar-refractivity contribution in [3.05, 3.63) is 15.6 Å². The molecule has 3 nitrogen and oxygen atoms in total. The average molecular weight is 280 g/mol. The van der Waals surface area contributed by atoms with Crippen molar-refractivity contribution < 1.29 is 4.79 Å². The molecule has 0 N–H and O–H groups in total. The summed E-state index contributed by atoms with van der Waals surface area (Å²) < 4.78 is 0. The van der Waals surface area contributed by atoms with Crippen LogP contribution in [0.5, 0.6) is 0 Å². The van der Waals surface area contributed by atoms with Gasteiger partial charge in [0.2, 0.25) is 5.91 Å². The number of hydrogen-bond acceptors (Lipinski definition) is 3. The number of hydrogen-bond donors (Lipinski definition) is 0. The van der Waals surface area contributed by atoms with Gasteiger partial charge in [0.05, 0.1) is 10.7 Å². The number of aryl methyl sites for hydroxylation is 3. The highest BCUT2D eigenvalue weighted by Crippen LogP contribution is 2.23. The topological polar surface area (TPSA) is 33.2 Å². The molecule has 1 fully saturated rings. The molecule has 1 aliphatic heterocycles. The number of rotatable bonds is 4. The molecule has 0 bridgehead atoms. The highest BCUT2D eigenvalue weighted by atomic mass is 32.1. The Labute approximate surface area is 120 Å². The quantitative estimate of drug-likeness (QED) is 0.846. The lowest BCUT2D eigenvalue weighted by atomic mass is 9.99. The summed E-state index contributed by atoms with van der Waals surface area (Å²) in [5.41, 5.74) is 1.10. The predicted molar refractivity (Wildman–Crippen MR) is 79.6 cm³/mol. The van der Waals surface area contributed by atoms with Gasteiger partial charge >= 0.3 is 0 Å². The van der Waals surface area contributed by atoms with E-state index < -0.39 is 0 Å². The number of likely N-dealkylation sites (tertiary alicyclic amines) is 1. The van der Waals surface area contributed by atoms with Crippen LogP contribution in [0.1, 0.15) is 54.6 Å². The Morgan fingerprint density at radius 2 is 2.21 bits per heavy atom. The third-order valence-electron chi connectivity index (χ3n) is 3.98. The molecular weight excluding hydrogens is 256 g/mol. The minimum atomic E-state index is 0.331.